The van der Waals surface area contributed by atoms with Crippen molar-refractivity contribution in [2.45, 2.75) is 25.2 Å². The van der Waals surface area contributed by atoms with Gasteiger partial charge in [-0.3, -0.25) is 4.68 Å². The zero-order chi connectivity index (χ0) is 32.0. The van der Waals surface area contributed by atoms with E-state index in [0.29, 0.717) is 27.0 Å². The van der Waals surface area contributed by atoms with Crippen LogP contribution in [0.2, 0.25) is 5.02 Å². The Labute approximate surface area is 253 Å². The Kier molecular flexibility index (Phi) is 7.51. The molecule has 1 atom stereocenters. The Balaban J connectivity index is 1.43. The van der Waals surface area contributed by atoms with Gasteiger partial charge in [0.2, 0.25) is 5.69 Å². The maximum Gasteiger partial charge on any atom is 0.436 e. The molecule has 1 aromatic carbocycles. The Morgan fingerprint density at radius 3 is 2.47 bits per heavy atom. The van der Waals surface area contributed by atoms with Crippen LogP contribution in [0.15, 0.2) is 67.6 Å². The van der Waals surface area contributed by atoms with Crippen molar-refractivity contribution in [1.82, 2.24) is 49.3 Å². The van der Waals surface area contributed by atoms with Gasteiger partial charge in [0.1, 0.15) is 12.4 Å². The number of benzene rings is 1. The van der Waals surface area contributed by atoms with Crippen LogP contribution in [0.1, 0.15) is 29.7 Å². The first kappa shape index (κ1) is 29.8. The van der Waals surface area contributed by atoms with E-state index in [9.17, 15) is 27.2 Å². The third kappa shape index (κ3) is 5.70. The first-order valence-corrected chi connectivity index (χ1v) is 13.2. The summed E-state index contributed by atoms with van der Waals surface area (Å²) < 4.78 is 85.9. The SMILES string of the molecule is Cn1ncnc1-c1cnn([C@H](Cc2ccn(C(F)F)n2)c2ccc(-c3c(-n4cc(C(F)(F)F)nn4)ccc(Cl)c3F)c[n+]2[O-])c1. The van der Waals surface area contributed by atoms with Crippen molar-refractivity contribution in [3.63, 3.8) is 0 Å². The molecule has 0 N–H and O–H groups in total. The number of aryl methyl sites for hydroxylation is 1. The van der Waals surface area contributed by atoms with Gasteiger partial charge in [-0.2, -0.15) is 42.0 Å². The van der Waals surface area contributed by atoms with Gasteiger partial charge < -0.3 is 5.21 Å². The highest BCUT2D eigenvalue weighted by Crippen LogP contribution is 2.35. The van der Waals surface area contributed by atoms with Crippen LogP contribution in [0.25, 0.3) is 28.2 Å². The summed E-state index contributed by atoms with van der Waals surface area (Å²) in [5.41, 5.74) is -1.01. The average molecular weight is 650 g/mol. The van der Waals surface area contributed by atoms with Crippen molar-refractivity contribution in [3.05, 3.63) is 101 Å². The minimum absolute atomic E-state index is 0.0474. The van der Waals surface area contributed by atoms with E-state index in [4.69, 9.17) is 11.6 Å². The van der Waals surface area contributed by atoms with Gasteiger partial charge in [0.15, 0.2) is 23.5 Å². The lowest BCUT2D eigenvalue weighted by atomic mass is 10.0. The molecule has 0 saturated heterocycles. The second-order valence-electron chi connectivity index (χ2n) is 9.67. The Morgan fingerprint density at radius 1 is 1.02 bits per heavy atom. The molecule has 0 radical (unpaired) electrons. The molecular weight excluding hydrogens is 632 g/mol. The van der Waals surface area contributed by atoms with Gasteiger partial charge in [-0.25, -0.2) is 23.4 Å². The van der Waals surface area contributed by atoms with Crippen molar-refractivity contribution in [2.24, 2.45) is 7.05 Å². The fourth-order valence-corrected chi connectivity index (χ4v) is 4.88. The molecule has 0 spiro atoms. The van der Waals surface area contributed by atoms with E-state index >= 15 is 4.39 Å². The molecule has 0 fully saturated rings. The van der Waals surface area contributed by atoms with Gasteiger partial charge in [0.25, 0.3) is 0 Å². The number of alkyl halides is 5. The summed E-state index contributed by atoms with van der Waals surface area (Å²) in [6, 6.07) is 5.54. The Bertz CT molecular complexity index is 2000. The molecule has 6 rings (SSSR count). The topological polar surface area (TPSA) is 124 Å². The van der Waals surface area contributed by atoms with Crippen molar-refractivity contribution in [3.8, 4) is 28.2 Å². The fourth-order valence-electron chi connectivity index (χ4n) is 4.72. The summed E-state index contributed by atoms with van der Waals surface area (Å²) in [4.78, 5) is 4.18. The lowest BCUT2D eigenvalue weighted by molar-refractivity contribution is -0.615. The van der Waals surface area contributed by atoms with Crippen LogP contribution in [0, 0.1) is 11.0 Å². The normalized spacial score (nSPS) is 12.7. The quantitative estimate of drug-likeness (QED) is 0.132. The minimum Gasteiger partial charge on any atom is -0.618 e. The summed E-state index contributed by atoms with van der Waals surface area (Å²) in [5, 5.41) is 32.1. The molecule has 6 aromatic rings. The lowest BCUT2D eigenvalue weighted by Gasteiger charge is -2.18. The van der Waals surface area contributed by atoms with Gasteiger partial charge in [-0.15, -0.1) is 5.10 Å². The molecule has 232 valence electrons. The Hall–Kier alpha value is -5.26. The van der Waals surface area contributed by atoms with Gasteiger partial charge in [0.05, 0.1) is 45.5 Å². The monoisotopic (exact) mass is 649 g/mol. The molecule has 45 heavy (non-hydrogen) atoms. The maximum absolute atomic E-state index is 15.4. The number of pyridine rings is 1. The van der Waals surface area contributed by atoms with Crippen LogP contribution in [-0.2, 0) is 19.6 Å². The van der Waals surface area contributed by atoms with Crippen LogP contribution >= 0.6 is 11.6 Å². The van der Waals surface area contributed by atoms with Crippen molar-refractivity contribution in [2.75, 3.05) is 0 Å². The van der Waals surface area contributed by atoms with Crippen LogP contribution in [0.3, 0.4) is 0 Å². The highest BCUT2D eigenvalue weighted by Gasteiger charge is 2.35. The van der Waals surface area contributed by atoms with Gasteiger partial charge >= 0.3 is 12.7 Å². The molecule has 0 aliphatic carbocycles. The molecule has 0 aliphatic rings. The molecule has 0 unspecified atom stereocenters. The summed E-state index contributed by atoms with van der Waals surface area (Å²) >= 11 is 6.00. The van der Waals surface area contributed by atoms with Gasteiger partial charge in [-0.05, 0) is 24.3 Å². The molecule has 12 nitrogen and oxygen atoms in total. The fraction of sp³-hybridized carbons (Fsp3) is 0.192. The van der Waals surface area contributed by atoms with Gasteiger partial charge in [0, 0.05) is 31.9 Å². The number of nitrogens with zero attached hydrogens (tertiary/aromatic N) is 11. The zero-order valence-electron chi connectivity index (χ0n) is 22.7. The van der Waals surface area contributed by atoms with Crippen LogP contribution in [0.4, 0.5) is 26.3 Å². The zero-order valence-corrected chi connectivity index (χ0v) is 23.4. The van der Waals surface area contributed by atoms with Crippen LogP contribution in [-0.4, -0.2) is 49.3 Å². The predicted molar refractivity (Wildman–Crippen MR) is 143 cm³/mol. The first-order chi connectivity index (χ1) is 21.4. The molecule has 0 saturated carbocycles. The highest BCUT2D eigenvalue weighted by atomic mass is 35.5. The van der Waals surface area contributed by atoms with Crippen molar-refractivity contribution in [1.29, 1.82) is 0 Å². The predicted octanol–water partition coefficient (Wildman–Crippen LogP) is 4.79. The molecule has 0 amide bonds. The standard InChI is InChI=1S/C26H18ClF6N11O/c1-40-24(34-13-36-40)15-9-35-42(10-15)20(8-16-6-7-41(38-16)25(29)30)18-4-2-14(11-44(18)45)22-19(5-3-17(27)23(22)28)43-12-21(37-39-43)26(31,32)33/h2-7,9-13,20,25H,8H2,1H3/t20-/m1/s1. The maximum atomic E-state index is 15.4. The number of rotatable bonds is 8. The third-order valence-electron chi connectivity index (χ3n) is 6.83. The molecular formula is C26H18ClF6N11O. The van der Waals surface area contributed by atoms with E-state index < -0.39 is 30.3 Å². The molecule has 5 aromatic heterocycles. The first-order valence-electron chi connectivity index (χ1n) is 12.8. The summed E-state index contributed by atoms with van der Waals surface area (Å²) in [5.74, 6) is -0.543. The summed E-state index contributed by atoms with van der Waals surface area (Å²) in [6.07, 6.45) is 2.23. The summed E-state index contributed by atoms with van der Waals surface area (Å²) in [6.45, 7) is -2.88. The van der Waals surface area contributed by atoms with E-state index in [1.165, 1.54) is 46.2 Å². The molecule has 19 heteroatoms. The highest BCUT2D eigenvalue weighted by molar-refractivity contribution is 6.31. The number of aromatic nitrogens is 11. The van der Waals surface area contributed by atoms with E-state index in [-0.39, 0.29) is 39.6 Å². The number of hydrogen-bond donors (Lipinski definition) is 0. The van der Waals surface area contributed by atoms with E-state index in [0.717, 1.165) is 23.1 Å². The molecule has 0 aliphatic heterocycles. The van der Waals surface area contributed by atoms with E-state index in [2.05, 4.69) is 30.6 Å². The number of halogens is 7. The minimum atomic E-state index is -4.80. The van der Waals surface area contributed by atoms with Gasteiger partial charge in [-0.1, -0.05) is 16.8 Å². The third-order valence-corrected chi connectivity index (χ3v) is 7.13. The van der Waals surface area contributed by atoms with Crippen molar-refractivity contribution >= 4 is 11.6 Å². The largest absolute Gasteiger partial charge is 0.618 e. The molecule has 0 bridgehead atoms. The second kappa shape index (κ2) is 11.3. The van der Waals surface area contributed by atoms with Crippen LogP contribution < -0.4 is 4.73 Å². The van der Waals surface area contributed by atoms with Crippen molar-refractivity contribution < 1.29 is 31.1 Å². The molecule has 5 heterocycles. The lowest BCUT2D eigenvalue weighted by Crippen LogP contribution is -2.36. The van der Waals surface area contributed by atoms with E-state index in [1.807, 2.05) is 0 Å². The van der Waals surface area contributed by atoms with Crippen LogP contribution in [0.5, 0.6) is 0 Å². The van der Waals surface area contributed by atoms with E-state index in [1.54, 1.807) is 13.2 Å². The second-order valence-corrected chi connectivity index (χ2v) is 10.1. The Morgan fingerprint density at radius 2 is 1.82 bits per heavy atom. The average Bonchev–Trinajstić information content (AvgIpc) is 3.80. The number of hydrogen-bond acceptors (Lipinski definition) is 7. The summed E-state index contributed by atoms with van der Waals surface area (Å²) in [7, 11) is 1.67. The smallest absolute Gasteiger partial charge is 0.436 e.